The summed E-state index contributed by atoms with van der Waals surface area (Å²) in [6.45, 7) is 5.35. The average molecular weight is 484 g/mol. The average Bonchev–Trinajstić information content (AvgIpc) is 2.80. The molecule has 0 bridgehead atoms. The molecule has 0 saturated carbocycles. The Bertz CT molecular complexity index is 1040. The van der Waals surface area contributed by atoms with Crippen LogP contribution < -0.4 is 4.90 Å². The van der Waals surface area contributed by atoms with Gasteiger partial charge in [-0.15, -0.1) is 0 Å². The minimum absolute atomic E-state index is 0.177. The van der Waals surface area contributed by atoms with E-state index in [1.165, 1.54) is 42.5 Å². The second-order valence-electron chi connectivity index (χ2n) is 9.16. The van der Waals surface area contributed by atoms with Gasteiger partial charge < -0.3 is 20.0 Å². The van der Waals surface area contributed by atoms with Crippen molar-refractivity contribution in [2.75, 3.05) is 31.6 Å². The first-order valence-electron chi connectivity index (χ1n) is 12.1. The van der Waals surface area contributed by atoms with Crippen molar-refractivity contribution in [2.24, 2.45) is 0 Å². The van der Waals surface area contributed by atoms with Crippen LogP contribution in [-0.2, 0) is 22.4 Å². The molecule has 2 aliphatic rings. The number of halogens is 1. The van der Waals surface area contributed by atoms with Crippen molar-refractivity contribution in [1.29, 1.82) is 0 Å². The van der Waals surface area contributed by atoms with Gasteiger partial charge in [-0.3, -0.25) is 0 Å². The van der Waals surface area contributed by atoms with Crippen LogP contribution in [0.15, 0.2) is 42.5 Å². The lowest BCUT2D eigenvalue weighted by molar-refractivity contribution is -0.134. The summed E-state index contributed by atoms with van der Waals surface area (Å²) in [6, 6.07) is 9.76. The number of pyridine rings is 1. The fraction of sp³-hybridized carbons (Fsp3) is 0.444. The second kappa shape index (κ2) is 12.4. The number of hydrogen-bond acceptors (Lipinski definition) is 5. The molecule has 1 fully saturated rings. The lowest BCUT2D eigenvalue weighted by Crippen LogP contribution is -2.50. The minimum atomic E-state index is -1.26. The van der Waals surface area contributed by atoms with Crippen LogP contribution >= 0.6 is 0 Å². The Kier molecular flexibility index (Phi) is 9.37. The molecule has 7 nitrogen and oxygen atoms in total. The summed E-state index contributed by atoms with van der Waals surface area (Å²) in [4.78, 5) is 29.1. The first kappa shape index (κ1) is 26.3. The van der Waals surface area contributed by atoms with Crippen LogP contribution in [0.2, 0.25) is 0 Å². The summed E-state index contributed by atoms with van der Waals surface area (Å²) in [7, 11) is 2.19. The largest absolute Gasteiger partial charge is 0.478 e. The number of aromatic nitrogens is 1. The van der Waals surface area contributed by atoms with Gasteiger partial charge in [0.05, 0.1) is 0 Å². The molecule has 0 spiro atoms. The van der Waals surface area contributed by atoms with E-state index in [1.807, 2.05) is 12.1 Å². The molecular weight excluding hydrogens is 449 g/mol. The number of carboxylic acid groups (broad SMARTS) is 2. The van der Waals surface area contributed by atoms with E-state index in [1.54, 1.807) is 12.1 Å². The van der Waals surface area contributed by atoms with Crippen molar-refractivity contribution in [1.82, 2.24) is 9.88 Å². The molecule has 2 aromatic rings. The lowest BCUT2D eigenvalue weighted by Gasteiger charge is -2.38. The van der Waals surface area contributed by atoms with Crippen molar-refractivity contribution in [3.8, 4) is 11.1 Å². The summed E-state index contributed by atoms with van der Waals surface area (Å²) in [5.74, 6) is -1.60. The fourth-order valence-corrected chi connectivity index (χ4v) is 4.49. The van der Waals surface area contributed by atoms with Gasteiger partial charge in [-0.2, -0.15) is 0 Å². The summed E-state index contributed by atoms with van der Waals surface area (Å²) in [6.07, 6.45) is 8.27. The molecule has 1 unspecified atom stereocenters. The molecule has 1 aromatic heterocycles. The number of anilines is 1. The minimum Gasteiger partial charge on any atom is -0.478 e. The summed E-state index contributed by atoms with van der Waals surface area (Å²) >= 11 is 0. The van der Waals surface area contributed by atoms with Gasteiger partial charge in [-0.1, -0.05) is 25.0 Å². The third-order valence-corrected chi connectivity index (χ3v) is 6.59. The topological polar surface area (TPSA) is 94.0 Å². The van der Waals surface area contributed by atoms with Gasteiger partial charge in [0, 0.05) is 43.5 Å². The molecule has 35 heavy (non-hydrogen) atoms. The number of hydrogen-bond donors (Lipinski definition) is 2. The Morgan fingerprint density at radius 3 is 2.23 bits per heavy atom. The zero-order chi connectivity index (χ0) is 25.4. The number of likely N-dealkylation sites (N-methyl/N-ethyl adjacent to an activating group) is 1. The molecule has 188 valence electrons. The van der Waals surface area contributed by atoms with Gasteiger partial charge in [0.1, 0.15) is 11.6 Å². The third-order valence-electron chi connectivity index (χ3n) is 6.59. The van der Waals surface area contributed by atoms with Gasteiger partial charge in [0.25, 0.3) is 0 Å². The molecule has 0 amide bonds. The number of benzene rings is 1. The Balaban J connectivity index is 0.000000371. The number of nitrogens with zero attached hydrogens (tertiary/aromatic N) is 3. The summed E-state index contributed by atoms with van der Waals surface area (Å²) in [5.41, 5.74) is 5.01. The fourth-order valence-electron chi connectivity index (χ4n) is 4.49. The maximum atomic E-state index is 13.5. The van der Waals surface area contributed by atoms with E-state index in [0.717, 1.165) is 43.9 Å². The molecule has 1 atom stereocenters. The van der Waals surface area contributed by atoms with E-state index < -0.39 is 11.9 Å². The number of aryl methyl sites for hydroxylation is 1. The highest BCUT2D eigenvalue weighted by Crippen LogP contribution is 2.33. The van der Waals surface area contributed by atoms with Crippen LogP contribution in [0.25, 0.3) is 11.1 Å². The standard InChI is InChI=1S/C23H30FN3.C4H4O4/c1-17-16-27(14-13-26(17)2)23-15-21(18-9-11-19(24)12-10-18)20-7-5-3-4-6-8-22(20)25-23;5-3(6)1-2-4(7)8/h9-12,15,17H,3-8,13-14,16H2,1-2H3;1-2H,(H,5,6)(H,7,8). The monoisotopic (exact) mass is 483 g/mol. The number of aliphatic carboxylic acids is 2. The van der Waals surface area contributed by atoms with Crippen molar-refractivity contribution in [3.63, 3.8) is 0 Å². The number of fused-ring (bicyclic) bond motifs is 1. The Labute approximate surface area is 205 Å². The molecular formula is C27H34FN3O4. The van der Waals surface area contributed by atoms with E-state index in [9.17, 15) is 14.0 Å². The normalized spacial score (nSPS) is 18.7. The molecule has 4 rings (SSSR count). The predicted molar refractivity (Wildman–Crippen MR) is 134 cm³/mol. The van der Waals surface area contributed by atoms with Crippen molar-refractivity contribution < 1.29 is 24.2 Å². The highest BCUT2D eigenvalue weighted by Gasteiger charge is 2.24. The molecule has 2 heterocycles. The summed E-state index contributed by atoms with van der Waals surface area (Å²) in [5, 5.41) is 15.6. The number of carbonyl (C=O) groups is 2. The quantitative estimate of drug-likeness (QED) is 0.623. The zero-order valence-electron chi connectivity index (χ0n) is 20.4. The molecule has 1 aromatic carbocycles. The van der Waals surface area contributed by atoms with Crippen LogP contribution in [0.1, 0.15) is 43.9 Å². The van der Waals surface area contributed by atoms with Crippen molar-refractivity contribution in [3.05, 3.63) is 59.6 Å². The van der Waals surface area contributed by atoms with Crippen molar-refractivity contribution in [2.45, 2.75) is 51.5 Å². The number of piperazine rings is 1. The van der Waals surface area contributed by atoms with Gasteiger partial charge in [-0.05, 0) is 74.5 Å². The second-order valence-corrected chi connectivity index (χ2v) is 9.16. The van der Waals surface area contributed by atoms with Gasteiger partial charge in [0.15, 0.2) is 0 Å². The molecule has 1 saturated heterocycles. The maximum absolute atomic E-state index is 13.5. The van der Waals surface area contributed by atoms with Crippen molar-refractivity contribution >= 4 is 17.8 Å². The van der Waals surface area contributed by atoms with Gasteiger partial charge in [-0.25, -0.2) is 19.0 Å². The smallest absolute Gasteiger partial charge is 0.328 e. The van der Waals surface area contributed by atoms with Crippen LogP contribution in [0, 0.1) is 5.82 Å². The van der Waals surface area contributed by atoms with Gasteiger partial charge in [0.2, 0.25) is 0 Å². The third kappa shape index (κ3) is 7.62. The Morgan fingerprint density at radius 2 is 1.63 bits per heavy atom. The first-order valence-corrected chi connectivity index (χ1v) is 12.1. The predicted octanol–water partition coefficient (Wildman–Crippen LogP) is 4.40. The lowest BCUT2D eigenvalue weighted by atomic mass is 9.90. The van der Waals surface area contributed by atoms with E-state index in [0.29, 0.717) is 18.2 Å². The van der Waals surface area contributed by atoms with Crippen LogP contribution in [0.5, 0.6) is 0 Å². The van der Waals surface area contributed by atoms with Crippen LogP contribution in [0.3, 0.4) is 0 Å². The van der Waals surface area contributed by atoms with Crippen LogP contribution in [0.4, 0.5) is 10.2 Å². The molecule has 1 aliphatic heterocycles. The molecule has 2 N–H and O–H groups in total. The number of rotatable bonds is 4. The maximum Gasteiger partial charge on any atom is 0.328 e. The zero-order valence-corrected chi connectivity index (χ0v) is 20.4. The van der Waals surface area contributed by atoms with E-state index in [2.05, 4.69) is 29.8 Å². The molecule has 0 radical (unpaired) electrons. The molecule has 1 aliphatic carbocycles. The Hall–Kier alpha value is -3.26. The number of carboxylic acids is 2. The first-order chi connectivity index (χ1) is 16.7. The highest BCUT2D eigenvalue weighted by molar-refractivity contribution is 5.89. The highest BCUT2D eigenvalue weighted by atomic mass is 19.1. The van der Waals surface area contributed by atoms with E-state index in [4.69, 9.17) is 15.2 Å². The van der Waals surface area contributed by atoms with Gasteiger partial charge >= 0.3 is 11.9 Å². The van der Waals surface area contributed by atoms with E-state index >= 15 is 0 Å². The van der Waals surface area contributed by atoms with E-state index in [-0.39, 0.29) is 5.82 Å². The summed E-state index contributed by atoms with van der Waals surface area (Å²) < 4.78 is 13.5. The molecule has 8 heteroatoms. The van der Waals surface area contributed by atoms with Crippen LogP contribution in [-0.4, -0.2) is 64.8 Å². The Morgan fingerprint density at radius 1 is 1.00 bits per heavy atom. The SMILES string of the molecule is CC1CN(c2cc(-c3ccc(F)cc3)c3c(n2)CCCCCC3)CCN1C.O=C(O)C=CC(=O)O.